The number of carbonyl (C=O) groups is 1. The minimum atomic E-state index is 0.342. The molecule has 0 amide bonds. The van der Waals surface area contributed by atoms with Crippen molar-refractivity contribution in [3.8, 4) is 5.88 Å². The molecular formula is C10H13NO2. The van der Waals surface area contributed by atoms with Crippen LogP contribution in [0.3, 0.4) is 0 Å². The number of rotatable bonds is 3. The molecule has 13 heavy (non-hydrogen) atoms. The Morgan fingerprint density at radius 2 is 2.15 bits per heavy atom. The van der Waals surface area contributed by atoms with Crippen molar-refractivity contribution in [2.45, 2.75) is 19.8 Å². The average molecular weight is 179 g/mol. The van der Waals surface area contributed by atoms with Crippen molar-refractivity contribution in [3.63, 3.8) is 0 Å². The molecule has 0 radical (unpaired) electrons. The first kappa shape index (κ1) is 9.71. The molecule has 70 valence electrons. The Kier molecular flexibility index (Phi) is 3.01. The van der Waals surface area contributed by atoms with E-state index >= 15 is 0 Å². The van der Waals surface area contributed by atoms with Crippen LogP contribution in [-0.2, 0) is 0 Å². The lowest BCUT2D eigenvalue weighted by Crippen LogP contribution is -1.99. The predicted molar refractivity (Wildman–Crippen MR) is 50.3 cm³/mol. The highest BCUT2D eigenvalue weighted by Crippen LogP contribution is 2.18. The third kappa shape index (κ3) is 2.05. The fraction of sp³-hybridized carbons (Fsp3) is 0.400. The van der Waals surface area contributed by atoms with Crippen molar-refractivity contribution in [3.05, 3.63) is 23.4 Å². The molecule has 1 aromatic rings. The first-order valence-corrected chi connectivity index (χ1v) is 4.19. The summed E-state index contributed by atoms with van der Waals surface area (Å²) in [5.41, 5.74) is 1.43. The van der Waals surface area contributed by atoms with E-state index < -0.39 is 0 Å². The van der Waals surface area contributed by atoms with Gasteiger partial charge in [0.25, 0.3) is 0 Å². The van der Waals surface area contributed by atoms with Crippen molar-refractivity contribution < 1.29 is 9.53 Å². The van der Waals surface area contributed by atoms with E-state index in [1.807, 2.05) is 19.9 Å². The number of hydrogen-bond donors (Lipinski definition) is 0. The van der Waals surface area contributed by atoms with Gasteiger partial charge in [0.1, 0.15) is 0 Å². The van der Waals surface area contributed by atoms with Crippen LogP contribution in [0.15, 0.2) is 12.1 Å². The van der Waals surface area contributed by atoms with E-state index in [-0.39, 0.29) is 0 Å². The van der Waals surface area contributed by atoms with Gasteiger partial charge >= 0.3 is 0 Å². The van der Waals surface area contributed by atoms with E-state index in [9.17, 15) is 4.79 Å². The number of aromatic nitrogens is 1. The van der Waals surface area contributed by atoms with Gasteiger partial charge in [-0.05, 0) is 18.1 Å². The van der Waals surface area contributed by atoms with Crippen molar-refractivity contribution in [1.29, 1.82) is 0 Å². The van der Waals surface area contributed by atoms with Gasteiger partial charge in [0.05, 0.1) is 12.7 Å². The Morgan fingerprint density at radius 3 is 2.62 bits per heavy atom. The fourth-order valence-electron chi connectivity index (χ4n) is 1.04. The summed E-state index contributed by atoms with van der Waals surface area (Å²) in [6, 6.07) is 3.57. The minimum absolute atomic E-state index is 0.342. The summed E-state index contributed by atoms with van der Waals surface area (Å²) in [5.74, 6) is 0.746. The highest BCUT2D eigenvalue weighted by molar-refractivity contribution is 5.78. The summed E-state index contributed by atoms with van der Waals surface area (Å²) >= 11 is 0. The largest absolute Gasteiger partial charge is 0.480 e. The van der Waals surface area contributed by atoms with Gasteiger partial charge < -0.3 is 4.74 Å². The van der Waals surface area contributed by atoms with Crippen LogP contribution in [0.4, 0.5) is 0 Å². The molecule has 0 aliphatic heterocycles. The minimum Gasteiger partial charge on any atom is -0.480 e. The van der Waals surface area contributed by atoms with Crippen molar-refractivity contribution in [2.24, 2.45) is 0 Å². The van der Waals surface area contributed by atoms with Crippen LogP contribution in [0.5, 0.6) is 5.88 Å². The number of hydrogen-bond acceptors (Lipinski definition) is 3. The maximum atomic E-state index is 10.5. The van der Waals surface area contributed by atoms with E-state index in [0.717, 1.165) is 12.0 Å². The molecule has 0 aliphatic rings. The Hall–Kier alpha value is -1.38. The molecule has 0 fully saturated rings. The van der Waals surface area contributed by atoms with E-state index in [2.05, 4.69) is 4.98 Å². The number of methoxy groups -OCH3 is 1. The molecule has 0 unspecified atom stereocenters. The lowest BCUT2D eigenvalue weighted by atomic mass is 10.1. The molecule has 0 aliphatic carbocycles. The normalized spacial score (nSPS) is 10.2. The molecule has 1 rings (SSSR count). The molecule has 0 saturated heterocycles. The molecule has 3 nitrogen and oxygen atoms in total. The molecule has 0 atom stereocenters. The summed E-state index contributed by atoms with van der Waals surface area (Å²) < 4.78 is 4.98. The number of aldehydes is 1. The Morgan fingerprint density at radius 1 is 1.46 bits per heavy atom. The molecule has 0 aromatic carbocycles. The van der Waals surface area contributed by atoms with Gasteiger partial charge in [0.2, 0.25) is 5.88 Å². The monoisotopic (exact) mass is 179 g/mol. The van der Waals surface area contributed by atoms with Gasteiger partial charge in [-0.2, -0.15) is 0 Å². The number of pyridine rings is 1. The SMILES string of the molecule is COc1nc(C(C)C)ccc1C=O. The van der Waals surface area contributed by atoms with Crippen molar-refractivity contribution >= 4 is 6.29 Å². The molecule has 1 aromatic heterocycles. The van der Waals surface area contributed by atoms with Crippen LogP contribution in [0.1, 0.15) is 35.8 Å². The quantitative estimate of drug-likeness (QED) is 0.666. The highest BCUT2D eigenvalue weighted by atomic mass is 16.5. The predicted octanol–water partition coefficient (Wildman–Crippen LogP) is 2.03. The smallest absolute Gasteiger partial charge is 0.224 e. The molecule has 3 heteroatoms. The topological polar surface area (TPSA) is 39.2 Å². The lowest BCUT2D eigenvalue weighted by Gasteiger charge is -2.07. The molecule has 0 bridgehead atoms. The van der Waals surface area contributed by atoms with Crippen LogP contribution < -0.4 is 4.74 Å². The maximum Gasteiger partial charge on any atom is 0.224 e. The third-order valence-corrected chi connectivity index (χ3v) is 1.82. The van der Waals surface area contributed by atoms with Crippen LogP contribution in [-0.4, -0.2) is 18.4 Å². The second-order valence-corrected chi connectivity index (χ2v) is 3.11. The van der Waals surface area contributed by atoms with Crippen molar-refractivity contribution in [2.75, 3.05) is 7.11 Å². The Bertz CT molecular complexity index is 308. The van der Waals surface area contributed by atoms with Gasteiger partial charge in [0.15, 0.2) is 6.29 Å². The first-order chi connectivity index (χ1) is 6.19. The van der Waals surface area contributed by atoms with Crippen LogP contribution in [0.2, 0.25) is 0 Å². The van der Waals surface area contributed by atoms with Gasteiger partial charge in [-0.1, -0.05) is 13.8 Å². The second-order valence-electron chi connectivity index (χ2n) is 3.11. The van der Waals surface area contributed by atoms with Gasteiger partial charge in [-0.3, -0.25) is 4.79 Å². The van der Waals surface area contributed by atoms with E-state index in [0.29, 0.717) is 17.4 Å². The fourth-order valence-corrected chi connectivity index (χ4v) is 1.04. The summed E-state index contributed by atoms with van der Waals surface area (Å²) in [7, 11) is 1.51. The van der Waals surface area contributed by atoms with E-state index in [4.69, 9.17) is 4.74 Å². The molecule has 0 N–H and O–H groups in total. The molecular weight excluding hydrogens is 166 g/mol. The maximum absolute atomic E-state index is 10.5. The highest BCUT2D eigenvalue weighted by Gasteiger charge is 2.07. The summed E-state index contributed by atoms with van der Waals surface area (Å²) in [5, 5.41) is 0. The molecule has 0 saturated carbocycles. The van der Waals surface area contributed by atoms with E-state index in [1.54, 1.807) is 6.07 Å². The number of ether oxygens (including phenoxy) is 1. The zero-order valence-corrected chi connectivity index (χ0v) is 8.07. The molecule has 1 heterocycles. The Balaban J connectivity index is 3.12. The number of nitrogens with zero attached hydrogens (tertiary/aromatic N) is 1. The van der Waals surface area contributed by atoms with Gasteiger partial charge in [0, 0.05) is 5.69 Å². The zero-order valence-electron chi connectivity index (χ0n) is 8.07. The summed E-state index contributed by atoms with van der Waals surface area (Å²) in [4.78, 5) is 14.8. The van der Waals surface area contributed by atoms with Crippen LogP contribution in [0, 0.1) is 0 Å². The summed E-state index contributed by atoms with van der Waals surface area (Å²) in [6.45, 7) is 4.09. The van der Waals surface area contributed by atoms with Crippen LogP contribution in [0.25, 0.3) is 0 Å². The zero-order chi connectivity index (χ0) is 9.84. The Labute approximate surface area is 77.8 Å². The second kappa shape index (κ2) is 4.03. The summed E-state index contributed by atoms with van der Waals surface area (Å²) in [6.07, 6.45) is 0.746. The first-order valence-electron chi connectivity index (χ1n) is 4.19. The van der Waals surface area contributed by atoms with Crippen LogP contribution >= 0.6 is 0 Å². The number of carbonyl (C=O) groups excluding carboxylic acids is 1. The lowest BCUT2D eigenvalue weighted by molar-refractivity contribution is 0.112. The van der Waals surface area contributed by atoms with Gasteiger partial charge in [-0.15, -0.1) is 0 Å². The van der Waals surface area contributed by atoms with E-state index in [1.165, 1.54) is 7.11 Å². The average Bonchev–Trinajstić information content (AvgIpc) is 2.16. The standard InChI is InChI=1S/C10H13NO2/c1-7(2)9-5-4-8(6-12)10(11-9)13-3/h4-7H,1-3H3. The third-order valence-electron chi connectivity index (χ3n) is 1.82. The molecule has 0 spiro atoms. The van der Waals surface area contributed by atoms with Gasteiger partial charge in [-0.25, -0.2) is 4.98 Å². The van der Waals surface area contributed by atoms with Crippen molar-refractivity contribution in [1.82, 2.24) is 4.98 Å².